The average Bonchev–Trinajstić information content (AvgIpc) is 2.76. The van der Waals surface area contributed by atoms with Gasteiger partial charge in [0.15, 0.2) is 5.78 Å². The van der Waals surface area contributed by atoms with Crippen LogP contribution in [0, 0.1) is 5.92 Å². The Morgan fingerprint density at radius 2 is 2.00 bits per heavy atom. The number of aryl methyl sites for hydroxylation is 1. The Morgan fingerprint density at radius 3 is 2.47 bits per heavy atom. The minimum Gasteiger partial charge on any atom is -0.292 e. The third-order valence-electron chi connectivity index (χ3n) is 2.91. The Bertz CT molecular complexity index is 407. The van der Waals surface area contributed by atoms with Crippen molar-refractivity contribution in [2.45, 2.75) is 39.4 Å². The van der Waals surface area contributed by atoms with Crippen LogP contribution in [0.3, 0.4) is 0 Å². The Kier molecular flexibility index (Phi) is 5.53. The van der Waals surface area contributed by atoms with Crippen LogP contribution < -0.4 is 0 Å². The lowest BCUT2D eigenvalue weighted by molar-refractivity contribution is 0.102. The zero-order valence-electron chi connectivity index (χ0n) is 10.9. The van der Waals surface area contributed by atoms with Crippen molar-refractivity contribution in [1.82, 2.24) is 0 Å². The lowest BCUT2D eigenvalue weighted by atomic mass is 10.2. The van der Waals surface area contributed by atoms with Crippen molar-refractivity contribution >= 4 is 27.9 Å². The molecular formula is C13H20O2S2. The van der Waals surface area contributed by atoms with Crippen molar-refractivity contribution in [3.63, 3.8) is 0 Å². The third kappa shape index (κ3) is 4.03. The zero-order chi connectivity index (χ0) is 13.0. The molecule has 1 aromatic heterocycles. The maximum Gasteiger partial charge on any atom is 0.185 e. The molecule has 1 rings (SSSR count). The van der Waals surface area contributed by atoms with Crippen LogP contribution in [-0.2, 0) is 17.2 Å². The van der Waals surface area contributed by atoms with Crippen LogP contribution in [0.25, 0.3) is 0 Å². The molecule has 0 aliphatic rings. The van der Waals surface area contributed by atoms with E-state index < -0.39 is 10.8 Å². The lowest BCUT2D eigenvalue weighted by Crippen LogP contribution is -2.23. The molecule has 1 heterocycles. The van der Waals surface area contributed by atoms with E-state index in [-0.39, 0.29) is 16.8 Å². The molecule has 0 radical (unpaired) electrons. The van der Waals surface area contributed by atoms with Gasteiger partial charge in [-0.15, -0.1) is 11.3 Å². The van der Waals surface area contributed by atoms with Crippen LogP contribution in [0.4, 0.5) is 0 Å². The Balaban J connectivity index is 2.63. The van der Waals surface area contributed by atoms with Gasteiger partial charge >= 0.3 is 0 Å². The van der Waals surface area contributed by atoms with Crippen LogP contribution >= 0.6 is 11.3 Å². The fourth-order valence-corrected chi connectivity index (χ4v) is 3.61. The first kappa shape index (κ1) is 14.6. The van der Waals surface area contributed by atoms with Gasteiger partial charge in [0.1, 0.15) is 0 Å². The summed E-state index contributed by atoms with van der Waals surface area (Å²) >= 11 is 1.52. The lowest BCUT2D eigenvalue weighted by Gasteiger charge is -2.13. The van der Waals surface area contributed by atoms with E-state index in [4.69, 9.17) is 0 Å². The first-order chi connectivity index (χ1) is 7.95. The SMILES string of the molecule is CCc1ccc(C(=O)CS(=O)C(C)C(C)C)s1. The molecule has 96 valence electrons. The molecule has 0 N–H and O–H groups in total. The molecule has 1 aromatic rings. The molecule has 2 nitrogen and oxygen atoms in total. The molecule has 0 fully saturated rings. The molecule has 0 aliphatic carbocycles. The van der Waals surface area contributed by atoms with Crippen molar-refractivity contribution in [2.24, 2.45) is 5.92 Å². The zero-order valence-corrected chi connectivity index (χ0v) is 12.5. The summed E-state index contributed by atoms with van der Waals surface area (Å²) in [6.07, 6.45) is 0.948. The van der Waals surface area contributed by atoms with E-state index in [0.29, 0.717) is 5.92 Å². The highest BCUT2D eigenvalue weighted by molar-refractivity contribution is 7.86. The molecule has 0 aliphatic heterocycles. The van der Waals surface area contributed by atoms with Crippen LogP contribution in [-0.4, -0.2) is 21.0 Å². The highest BCUT2D eigenvalue weighted by atomic mass is 32.2. The van der Waals surface area contributed by atoms with Gasteiger partial charge in [0.05, 0.1) is 10.6 Å². The van der Waals surface area contributed by atoms with Crippen LogP contribution in [0.2, 0.25) is 0 Å². The maximum absolute atomic E-state index is 11.9. The quantitative estimate of drug-likeness (QED) is 0.745. The topological polar surface area (TPSA) is 34.1 Å². The number of ketones is 1. The maximum atomic E-state index is 11.9. The average molecular weight is 272 g/mol. The summed E-state index contributed by atoms with van der Waals surface area (Å²) in [6.45, 7) is 8.08. The van der Waals surface area contributed by atoms with Gasteiger partial charge in [-0.1, -0.05) is 27.7 Å². The second-order valence-corrected chi connectivity index (χ2v) is 7.48. The summed E-state index contributed by atoms with van der Waals surface area (Å²) in [7, 11) is -1.06. The number of rotatable bonds is 6. The van der Waals surface area contributed by atoms with E-state index in [1.807, 2.05) is 32.9 Å². The number of hydrogen-bond donors (Lipinski definition) is 0. The molecule has 0 saturated carbocycles. The number of Topliss-reactive ketones (excluding diaryl/α,β-unsaturated/α-hetero) is 1. The molecule has 0 spiro atoms. The second-order valence-electron chi connectivity index (χ2n) is 4.52. The van der Waals surface area contributed by atoms with E-state index >= 15 is 0 Å². The largest absolute Gasteiger partial charge is 0.292 e. The van der Waals surface area contributed by atoms with Crippen LogP contribution in [0.5, 0.6) is 0 Å². The predicted molar refractivity (Wildman–Crippen MR) is 75.3 cm³/mol. The minimum atomic E-state index is -1.06. The normalized spacial score (nSPS) is 14.9. The summed E-state index contributed by atoms with van der Waals surface area (Å²) in [6, 6.07) is 3.83. The first-order valence-corrected chi connectivity index (χ1v) is 8.14. The fourth-order valence-electron chi connectivity index (χ4n) is 1.35. The molecule has 4 heteroatoms. The highest BCUT2D eigenvalue weighted by Crippen LogP contribution is 2.18. The number of thiophene rings is 1. The van der Waals surface area contributed by atoms with Gasteiger partial charge in [0, 0.05) is 20.9 Å². The van der Waals surface area contributed by atoms with Gasteiger partial charge in [-0.05, 0) is 24.5 Å². The summed E-state index contributed by atoms with van der Waals surface area (Å²) in [5.74, 6) is 0.516. The molecule has 0 amide bonds. The van der Waals surface area contributed by atoms with E-state index in [1.165, 1.54) is 16.2 Å². The van der Waals surface area contributed by atoms with Crippen molar-refractivity contribution < 1.29 is 9.00 Å². The standard InChI is InChI=1S/C13H20O2S2/c1-5-11-6-7-13(16-11)12(14)8-17(15)10(4)9(2)3/h6-7,9-10H,5,8H2,1-4H3. The predicted octanol–water partition coefficient (Wildman–Crippen LogP) is 3.29. The van der Waals surface area contributed by atoms with E-state index in [1.54, 1.807) is 0 Å². The third-order valence-corrected chi connectivity index (χ3v) is 6.10. The number of carbonyl (C=O) groups is 1. The highest BCUT2D eigenvalue weighted by Gasteiger charge is 2.19. The van der Waals surface area contributed by atoms with Gasteiger partial charge in [0.2, 0.25) is 0 Å². The van der Waals surface area contributed by atoms with Gasteiger partial charge in [-0.2, -0.15) is 0 Å². The Morgan fingerprint density at radius 1 is 1.35 bits per heavy atom. The molecule has 0 bridgehead atoms. The summed E-state index contributed by atoms with van der Waals surface area (Å²) in [4.78, 5) is 13.9. The van der Waals surface area contributed by atoms with E-state index in [2.05, 4.69) is 6.92 Å². The van der Waals surface area contributed by atoms with Gasteiger partial charge < -0.3 is 0 Å². The summed E-state index contributed by atoms with van der Waals surface area (Å²) in [5, 5.41) is 0.0737. The smallest absolute Gasteiger partial charge is 0.185 e. The Labute approximate surface area is 110 Å². The molecule has 0 aromatic carbocycles. The van der Waals surface area contributed by atoms with Gasteiger partial charge in [-0.25, -0.2) is 0 Å². The van der Waals surface area contributed by atoms with Crippen LogP contribution in [0.15, 0.2) is 12.1 Å². The van der Waals surface area contributed by atoms with Crippen molar-refractivity contribution in [2.75, 3.05) is 5.75 Å². The van der Waals surface area contributed by atoms with E-state index in [0.717, 1.165) is 11.3 Å². The summed E-state index contributed by atoms with van der Waals surface area (Å²) in [5.41, 5.74) is 0. The molecule has 17 heavy (non-hydrogen) atoms. The van der Waals surface area contributed by atoms with Crippen molar-refractivity contribution in [1.29, 1.82) is 0 Å². The Hall–Kier alpha value is -0.480. The first-order valence-electron chi connectivity index (χ1n) is 5.94. The molecule has 0 saturated heterocycles. The van der Waals surface area contributed by atoms with Crippen molar-refractivity contribution in [3.05, 3.63) is 21.9 Å². The fraction of sp³-hybridized carbons (Fsp3) is 0.615. The van der Waals surface area contributed by atoms with Crippen LogP contribution in [0.1, 0.15) is 42.2 Å². The monoisotopic (exact) mass is 272 g/mol. The molecular weight excluding hydrogens is 252 g/mol. The second kappa shape index (κ2) is 6.45. The molecule has 2 atom stereocenters. The minimum absolute atomic E-state index is 0.0144. The van der Waals surface area contributed by atoms with Crippen molar-refractivity contribution in [3.8, 4) is 0 Å². The summed E-state index contributed by atoms with van der Waals surface area (Å²) < 4.78 is 11.9. The number of carbonyl (C=O) groups excluding carboxylic acids is 1. The number of hydrogen-bond acceptors (Lipinski definition) is 3. The van der Waals surface area contributed by atoms with Gasteiger partial charge in [0.25, 0.3) is 0 Å². The molecule has 2 unspecified atom stereocenters. The van der Waals surface area contributed by atoms with E-state index in [9.17, 15) is 9.00 Å². The van der Waals surface area contributed by atoms with Gasteiger partial charge in [-0.3, -0.25) is 9.00 Å².